The molecule has 1 aliphatic heterocycles. The number of hydrogen-bond acceptors (Lipinski definition) is 1. The number of likely N-dealkylation sites (N-methyl/N-ethyl adjacent to an activating group) is 1. The molecule has 0 atom stereocenters. The summed E-state index contributed by atoms with van der Waals surface area (Å²) in [6.07, 6.45) is -2.54. The molecule has 0 N–H and O–H groups in total. The van der Waals surface area contributed by atoms with Crippen molar-refractivity contribution in [2.24, 2.45) is 0 Å². The molecule has 0 radical (unpaired) electrons. The highest BCUT2D eigenvalue weighted by molar-refractivity contribution is 6.49. The molecule has 1 nitrogen and oxygen atoms in total. The molecule has 5 heteroatoms. The van der Waals surface area contributed by atoms with Crippen LogP contribution in [-0.4, -0.2) is 13.6 Å². The van der Waals surface area contributed by atoms with Crippen LogP contribution < -0.4 is 4.90 Å². The number of hydrogen-bond donors (Lipinski definition) is 0. The second-order valence-corrected chi connectivity index (χ2v) is 4.07. The molecule has 1 aromatic rings. The molecule has 0 fully saturated rings. The third-order valence-corrected chi connectivity index (χ3v) is 2.90. The molecule has 0 aliphatic carbocycles. The van der Waals surface area contributed by atoms with Gasteiger partial charge in [0, 0.05) is 29.9 Å². The minimum Gasteiger partial charge on any atom is -0.370 e. The number of alkyl halides is 3. The first-order valence-electron chi connectivity index (χ1n) is 4.68. The fraction of sp³-hybridized carbons (Fsp3) is 0.273. The van der Waals surface area contributed by atoms with Crippen molar-refractivity contribution in [1.29, 1.82) is 0 Å². The lowest BCUT2D eigenvalue weighted by Gasteiger charge is -2.26. The van der Waals surface area contributed by atoms with E-state index in [0.29, 0.717) is 22.8 Å². The molecule has 1 aromatic carbocycles. The average Bonchev–Trinajstić information content (AvgIpc) is 2.22. The second-order valence-electron chi connectivity index (χ2n) is 3.66. The van der Waals surface area contributed by atoms with E-state index in [4.69, 9.17) is 11.6 Å². The van der Waals surface area contributed by atoms with Crippen LogP contribution >= 0.6 is 11.6 Å². The molecule has 0 saturated carbocycles. The Morgan fingerprint density at radius 1 is 1.31 bits per heavy atom. The molecular formula is C11H9ClF3N. The summed E-state index contributed by atoms with van der Waals surface area (Å²) in [6.45, 7) is 0.521. The quantitative estimate of drug-likeness (QED) is 0.675. The van der Waals surface area contributed by atoms with E-state index >= 15 is 0 Å². The summed E-state index contributed by atoms with van der Waals surface area (Å²) in [5, 5.41) is 0.502. The van der Waals surface area contributed by atoms with Crippen molar-refractivity contribution >= 4 is 22.3 Å². The van der Waals surface area contributed by atoms with Crippen LogP contribution in [0.4, 0.5) is 18.9 Å². The maximum atomic E-state index is 12.5. The zero-order valence-corrected chi connectivity index (χ0v) is 9.23. The lowest BCUT2D eigenvalue weighted by atomic mass is 10.0. The van der Waals surface area contributed by atoms with E-state index in [2.05, 4.69) is 0 Å². The van der Waals surface area contributed by atoms with Crippen LogP contribution in [0, 0.1) is 0 Å². The van der Waals surface area contributed by atoms with Crippen molar-refractivity contribution in [3.8, 4) is 0 Å². The van der Waals surface area contributed by atoms with Gasteiger partial charge in [-0.1, -0.05) is 17.7 Å². The summed E-state index contributed by atoms with van der Waals surface area (Å²) in [7, 11) is 1.73. The van der Waals surface area contributed by atoms with Crippen molar-refractivity contribution in [1.82, 2.24) is 0 Å². The largest absolute Gasteiger partial charge is 0.416 e. The summed E-state index contributed by atoms with van der Waals surface area (Å²) in [5.74, 6) is 0. The first-order valence-corrected chi connectivity index (χ1v) is 5.06. The van der Waals surface area contributed by atoms with Crippen LogP contribution in [0.5, 0.6) is 0 Å². The lowest BCUT2D eigenvalue weighted by molar-refractivity contribution is -0.137. The van der Waals surface area contributed by atoms with Gasteiger partial charge in [0.1, 0.15) is 0 Å². The number of halogens is 4. The summed E-state index contributed by atoms with van der Waals surface area (Å²) < 4.78 is 37.5. The normalized spacial score (nSPS) is 15.8. The third kappa shape index (κ3) is 1.89. The molecule has 0 aromatic heterocycles. The molecule has 0 saturated heterocycles. The zero-order chi connectivity index (χ0) is 11.9. The van der Waals surface area contributed by atoms with E-state index in [9.17, 15) is 13.2 Å². The van der Waals surface area contributed by atoms with Crippen molar-refractivity contribution in [2.45, 2.75) is 6.18 Å². The fourth-order valence-electron chi connectivity index (χ4n) is 1.65. The molecular weight excluding hydrogens is 239 g/mol. The van der Waals surface area contributed by atoms with Gasteiger partial charge in [-0.25, -0.2) is 0 Å². The summed E-state index contributed by atoms with van der Waals surface area (Å²) in [5.41, 5.74) is 0.509. The summed E-state index contributed by atoms with van der Waals surface area (Å²) in [6, 6.07) is 3.59. The van der Waals surface area contributed by atoms with Gasteiger partial charge in [0.15, 0.2) is 0 Å². The van der Waals surface area contributed by atoms with Crippen LogP contribution in [0.25, 0.3) is 5.03 Å². The second kappa shape index (κ2) is 3.70. The van der Waals surface area contributed by atoms with E-state index < -0.39 is 11.7 Å². The highest BCUT2D eigenvalue weighted by Crippen LogP contribution is 2.38. The topological polar surface area (TPSA) is 3.24 Å². The van der Waals surface area contributed by atoms with Gasteiger partial charge in [-0.3, -0.25) is 0 Å². The number of nitrogens with zero attached hydrogens (tertiary/aromatic N) is 1. The molecule has 0 bridgehead atoms. The molecule has 0 spiro atoms. The minimum absolute atomic E-state index is 0.502. The highest BCUT2D eigenvalue weighted by Gasteiger charge is 2.31. The Hall–Kier alpha value is -1.16. The lowest BCUT2D eigenvalue weighted by Crippen LogP contribution is -2.22. The molecule has 0 unspecified atom stereocenters. The van der Waals surface area contributed by atoms with Gasteiger partial charge in [-0.2, -0.15) is 13.2 Å². The van der Waals surface area contributed by atoms with Crippen LogP contribution in [0.1, 0.15) is 11.1 Å². The standard InChI is InChI=1S/C11H9ClF3N/c1-16-5-4-9(12)8-3-2-7(6-10(8)16)11(13,14)15/h2-4,6H,5H2,1H3. The minimum atomic E-state index is -4.32. The van der Waals surface area contributed by atoms with Crippen molar-refractivity contribution in [3.63, 3.8) is 0 Å². The van der Waals surface area contributed by atoms with Crippen LogP contribution in [0.3, 0.4) is 0 Å². The third-order valence-electron chi connectivity index (χ3n) is 2.54. The summed E-state index contributed by atoms with van der Waals surface area (Å²) >= 11 is 5.93. The van der Waals surface area contributed by atoms with E-state index in [1.807, 2.05) is 0 Å². The number of rotatable bonds is 0. The van der Waals surface area contributed by atoms with Crippen LogP contribution in [0.2, 0.25) is 0 Å². The van der Waals surface area contributed by atoms with Crippen LogP contribution in [0.15, 0.2) is 24.3 Å². The van der Waals surface area contributed by atoms with Crippen molar-refractivity contribution in [2.75, 3.05) is 18.5 Å². The van der Waals surface area contributed by atoms with Gasteiger partial charge in [-0.15, -0.1) is 0 Å². The highest BCUT2D eigenvalue weighted by atomic mass is 35.5. The van der Waals surface area contributed by atoms with E-state index in [1.165, 1.54) is 6.07 Å². The molecule has 16 heavy (non-hydrogen) atoms. The molecule has 1 aliphatic rings. The predicted molar refractivity (Wildman–Crippen MR) is 58.5 cm³/mol. The average molecular weight is 248 g/mol. The SMILES string of the molecule is CN1CC=C(Cl)c2ccc(C(F)(F)F)cc21. The van der Waals surface area contributed by atoms with Gasteiger partial charge in [0.25, 0.3) is 0 Å². The Kier molecular flexibility index (Phi) is 2.62. The smallest absolute Gasteiger partial charge is 0.370 e. The van der Waals surface area contributed by atoms with Gasteiger partial charge >= 0.3 is 6.18 Å². The maximum absolute atomic E-state index is 12.5. The Morgan fingerprint density at radius 3 is 2.62 bits per heavy atom. The Balaban J connectivity index is 2.54. The Morgan fingerprint density at radius 2 is 2.00 bits per heavy atom. The van der Waals surface area contributed by atoms with E-state index in [1.54, 1.807) is 18.0 Å². The Bertz CT molecular complexity index is 451. The molecule has 2 rings (SSSR count). The first kappa shape index (κ1) is 11.3. The van der Waals surface area contributed by atoms with Crippen molar-refractivity contribution in [3.05, 3.63) is 35.4 Å². The zero-order valence-electron chi connectivity index (χ0n) is 8.48. The molecule has 86 valence electrons. The van der Waals surface area contributed by atoms with Gasteiger partial charge < -0.3 is 4.90 Å². The summed E-state index contributed by atoms with van der Waals surface area (Å²) in [4.78, 5) is 1.73. The fourth-order valence-corrected chi connectivity index (χ4v) is 1.88. The van der Waals surface area contributed by atoms with Gasteiger partial charge in [-0.05, 0) is 18.2 Å². The molecule has 1 heterocycles. The number of fused-ring (bicyclic) bond motifs is 1. The van der Waals surface area contributed by atoms with E-state index in [-0.39, 0.29) is 0 Å². The van der Waals surface area contributed by atoms with Crippen molar-refractivity contribution < 1.29 is 13.2 Å². The maximum Gasteiger partial charge on any atom is 0.416 e. The monoisotopic (exact) mass is 247 g/mol. The predicted octanol–water partition coefficient (Wildman–Crippen LogP) is 3.73. The number of anilines is 1. The molecule has 0 amide bonds. The van der Waals surface area contributed by atoms with Gasteiger partial charge in [0.05, 0.1) is 5.56 Å². The van der Waals surface area contributed by atoms with Crippen LogP contribution in [-0.2, 0) is 6.18 Å². The number of benzene rings is 1. The first-order chi connectivity index (χ1) is 7.39. The Labute approximate surface area is 96.1 Å². The van der Waals surface area contributed by atoms with Gasteiger partial charge in [0.2, 0.25) is 0 Å². The van der Waals surface area contributed by atoms with E-state index in [0.717, 1.165) is 12.1 Å².